The van der Waals surface area contributed by atoms with Gasteiger partial charge in [-0.25, -0.2) is 4.39 Å². The standard InChI is InChI=1S/C10H14FNO.C10H11NO2/c1-5-6-9(12-7-13)8(2)10(3,4)11;1-13-8-3-4-9-7(6-8)2-5-10(12)11-9/h5-7H,1-2H2,3-4H3,(H,12,13);3-4,6H,2,5H2,1H3,(H,11,12)/b9-6+;. The maximum atomic E-state index is 13.3. The molecule has 26 heavy (non-hydrogen) atoms. The number of rotatable bonds is 6. The van der Waals surface area contributed by atoms with E-state index < -0.39 is 5.67 Å². The summed E-state index contributed by atoms with van der Waals surface area (Å²) in [6.07, 6.45) is 4.81. The number of hydrogen-bond donors (Lipinski definition) is 2. The molecule has 6 heteroatoms. The molecule has 0 aliphatic carbocycles. The summed E-state index contributed by atoms with van der Waals surface area (Å²) in [6, 6.07) is 5.70. The lowest BCUT2D eigenvalue weighted by Crippen LogP contribution is -2.23. The second-order valence-electron chi connectivity index (χ2n) is 6.10. The number of carbonyl (C=O) groups is 2. The molecule has 0 radical (unpaired) electrons. The average Bonchev–Trinajstić information content (AvgIpc) is 2.60. The SMILES string of the molecule is C=C/C=C(/NC=O)C(=C)C(C)(C)F.COc1ccc2c(c1)CCC(=O)N2. The summed E-state index contributed by atoms with van der Waals surface area (Å²) in [5.41, 5.74) is 1.08. The van der Waals surface area contributed by atoms with Gasteiger partial charge in [0.2, 0.25) is 12.3 Å². The molecule has 0 aromatic heterocycles. The van der Waals surface area contributed by atoms with Gasteiger partial charge in [0.25, 0.3) is 0 Å². The van der Waals surface area contributed by atoms with Gasteiger partial charge in [0.15, 0.2) is 0 Å². The van der Waals surface area contributed by atoms with Crippen molar-refractivity contribution in [3.63, 3.8) is 0 Å². The van der Waals surface area contributed by atoms with Gasteiger partial charge < -0.3 is 15.4 Å². The molecule has 0 saturated carbocycles. The van der Waals surface area contributed by atoms with Gasteiger partial charge in [0.05, 0.1) is 7.11 Å². The third-order valence-electron chi connectivity index (χ3n) is 3.75. The zero-order chi connectivity index (χ0) is 19.7. The number of benzene rings is 1. The monoisotopic (exact) mass is 360 g/mol. The van der Waals surface area contributed by atoms with E-state index in [2.05, 4.69) is 23.8 Å². The molecule has 0 bridgehead atoms. The Morgan fingerprint density at radius 3 is 2.62 bits per heavy atom. The van der Waals surface area contributed by atoms with E-state index in [-0.39, 0.29) is 11.5 Å². The fraction of sp³-hybridized carbons (Fsp3) is 0.300. The number of halogens is 1. The predicted molar refractivity (Wildman–Crippen MR) is 102 cm³/mol. The highest BCUT2D eigenvalue weighted by Gasteiger charge is 2.22. The van der Waals surface area contributed by atoms with Crippen LogP contribution in [0.2, 0.25) is 0 Å². The number of nitrogens with one attached hydrogen (secondary N) is 2. The van der Waals surface area contributed by atoms with Crippen LogP contribution in [-0.2, 0) is 16.0 Å². The molecule has 0 spiro atoms. The van der Waals surface area contributed by atoms with Crippen molar-refractivity contribution in [3.8, 4) is 5.75 Å². The Kier molecular flexibility index (Phi) is 7.77. The van der Waals surface area contributed by atoms with Crippen LogP contribution < -0.4 is 15.4 Å². The van der Waals surface area contributed by atoms with E-state index in [0.29, 0.717) is 18.5 Å². The molecule has 2 rings (SSSR count). The molecule has 140 valence electrons. The minimum absolute atomic E-state index is 0.0951. The van der Waals surface area contributed by atoms with Crippen molar-refractivity contribution in [1.29, 1.82) is 0 Å². The lowest BCUT2D eigenvalue weighted by Gasteiger charge is -2.19. The van der Waals surface area contributed by atoms with Gasteiger partial charge >= 0.3 is 0 Å². The average molecular weight is 360 g/mol. The Morgan fingerprint density at radius 2 is 2.08 bits per heavy atom. The Morgan fingerprint density at radius 1 is 1.38 bits per heavy atom. The summed E-state index contributed by atoms with van der Waals surface area (Å²) >= 11 is 0. The van der Waals surface area contributed by atoms with Crippen molar-refractivity contribution >= 4 is 18.0 Å². The van der Waals surface area contributed by atoms with Gasteiger partial charge in [-0.05, 0) is 50.1 Å². The third-order valence-corrected chi connectivity index (χ3v) is 3.75. The second-order valence-corrected chi connectivity index (χ2v) is 6.10. The molecule has 5 nitrogen and oxygen atoms in total. The zero-order valence-corrected chi connectivity index (χ0v) is 15.4. The van der Waals surface area contributed by atoms with E-state index >= 15 is 0 Å². The highest BCUT2D eigenvalue weighted by atomic mass is 19.1. The summed E-state index contributed by atoms with van der Waals surface area (Å²) in [4.78, 5) is 21.2. The first-order valence-electron chi connectivity index (χ1n) is 8.11. The Bertz CT molecular complexity index is 718. The smallest absolute Gasteiger partial charge is 0.224 e. The molecule has 1 aromatic carbocycles. The van der Waals surface area contributed by atoms with Gasteiger partial charge in [-0.2, -0.15) is 0 Å². The molecule has 2 N–H and O–H groups in total. The maximum absolute atomic E-state index is 13.3. The predicted octanol–water partition coefficient (Wildman–Crippen LogP) is 3.69. The number of hydrogen-bond acceptors (Lipinski definition) is 3. The van der Waals surface area contributed by atoms with E-state index in [1.807, 2.05) is 18.2 Å². The van der Waals surface area contributed by atoms with E-state index in [9.17, 15) is 14.0 Å². The molecule has 0 saturated heterocycles. The quantitative estimate of drug-likeness (QED) is 0.601. The highest BCUT2D eigenvalue weighted by molar-refractivity contribution is 5.93. The van der Waals surface area contributed by atoms with Crippen LogP contribution in [0.3, 0.4) is 0 Å². The summed E-state index contributed by atoms with van der Waals surface area (Å²) < 4.78 is 18.4. The van der Waals surface area contributed by atoms with E-state index in [1.54, 1.807) is 7.11 Å². The number of carbonyl (C=O) groups excluding carboxylic acids is 2. The third kappa shape index (κ3) is 6.20. The fourth-order valence-corrected chi connectivity index (χ4v) is 2.22. The topological polar surface area (TPSA) is 67.4 Å². The van der Waals surface area contributed by atoms with Crippen LogP contribution in [0.15, 0.2) is 54.8 Å². The Balaban J connectivity index is 0.000000260. The molecule has 1 aromatic rings. The van der Waals surface area contributed by atoms with Gasteiger partial charge in [-0.15, -0.1) is 0 Å². The number of ether oxygens (including phenoxy) is 1. The number of anilines is 1. The second kappa shape index (κ2) is 9.56. The number of methoxy groups -OCH3 is 1. The lowest BCUT2D eigenvalue weighted by molar-refractivity contribution is -0.116. The van der Waals surface area contributed by atoms with Crippen molar-refractivity contribution in [1.82, 2.24) is 5.32 Å². The van der Waals surface area contributed by atoms with Crippen molar-refractivity contribution in [3.05, 3.63) is 60.3 Å². The van der Waals surface area contributed by atoms with Gasteiger partial charge in [-0.3, -0.25) is 9.59 Å². The van der Waals surface area contributed by atoms with Gasteiger partial charge in [0.1, 0.15) is 11.4 Å². The number of alkyl halides is 1. The maximum Gasteiger partial charge on any atom is 0.224 e. The number of fused-ring (bicyclic) bond motifs is 1. The summed E-state index contributed by atoms with van der Waals surface area (Å²) in [6.45, 7) is 9.75. The first-order chi connectivity index (χ1) is 12.2. The molecule has 2 amide bonds. The van der Waals surface area contributed by atoms with Crippen LogP contribution in [0.1, 0.15) is 25.8 Å². The largest absolute Gasteiger partial charge is 0.497 e. The summed E-state index contributed by atoms with van der Waals surface area (Å²) in [7, 11) is 1.64. The fourth-order valence-electron chi connectivity index (χ4n) is 2.22. The van der Waals surface area contributed by atoms with Crippen LogP contribution in [0, 0.1) is 0 Å². The number of allylic oxidation sites excluding steroid dienone is 3. The molecular weight excluding hydrogens is 335 g/mol. The molecule has 0 unspecified atom stereocenters. The molecule has 0 fully saturated rings. The Hall–Kier alpha value is -2.89. The summed E-state index contributed by atoms with van der Waals surface area (Å²) in [5.74, 6) is 0.938. The van der Waals surface area contributed by atoms with Crippen molar-refractivity contribution in [2.24, 2.45) is 0 Å². The van der Waals surface area contributed by atoms with Crippen molar-refractivity contribution in [2.45, 2.75) is 32.4 Å². The molecule has 1 aliphatic heterocycles. The minimum atomic E-state index is -1.55. The first-order valence-corrected chi connectivity index (χ1v) is 8.11. The van der Waals surface area contributed by atoms with Crippen molar-refractivity contribution in [2.75, 3.05) is 12.4 Å². The van der Waals surface area contributed by atoms with E-state index in [0.717, 1.165) is 23.4 Å². The zero-order valence-electron chi connectivity index (χ0n) is 15.4. The number of aryl methyl sites for hydroxylation is 1. The van der Waals surface area contributed by atoms with Gasteiger partial charge in [0, 0.05) is 23.4 Å². The van der Waals surface area contributed by atoms with Crippen LogP contribution in [0.5, 0.6) is 5.75 Å². The molecule has 1 aliphatic rings. The van der Waals surface area contributed by atoms with Crippen molar-refractivity contribution < 1.29 is 18.7 Å². The first kappa shape index (κ1) is 21.2. The lowest BCUT2D eigenvalue weighted by atomic mass is 9.98. The molecule has 0 atom stereocenters. The van der Waals surface area contributed by atoms with Crippen LogP contribution in [0.25, 0.3) is 0 Å². The van der Waals surface area contributed by atoms with Crippen LogP contribution >= 0.6 is 0 Å². The Labute approximate surface area is 153 Å². The molecule has 1 heterocycles. The summed E-state index contributed by atoms with van der Waals surface area (Å²) in [5, 5.41) is 5.18. The highest BCUT2D eigenvalue weighted by Crippen LogP contribution is 2.26. The molecular formula is C20H25FN2O3. The van der Waals surface area contributed by atoms with Crippen LogP contribution in [0.4, 0.5) is 10.1 Å². The van der Waals surface area contributed by atoms with E-state index in [4.69, 9.17) is 4.74 Å². The van der Waals surface area contributed by atoms with E-state index in [1.165, 1.54) is 26.0 Å². The van der Waals surface area contributed by atoms with Crippen LogP contribution in [-0.4, -0.2) is 25.1 Å². The van der Waals surface area contributed by atoms with Gasteiger partial charge in [-0.1, -0.05) is 19.2 Å². The normalized spacial score (nSPS) is 13.4. The minimum Gasteiger partial charge on any atom is -0.497 e. The number of amides is 2.